The van der Waals surface area contributed by atoms with Crippen molar-refractivity contribution in [3.8, 4) is 0 Å². The highest BCUT2D eigenvalue weighted by Gasteiger charge is 2.31. The highest BCUT2D eigenvalue weighted by atomic mass is 32.2. The third kappa shape index (κ3) is 5.44. The van der Waals surface area contributed by atoms with Crippen molar-refractivity contribution in [3.05, 3.63) is 59.7 Å². The molecule has 0 aromatic heterocycles. The summed E-state index contributed by atoms with van der Waals surface area (Å²) in [6.07, 6.45) is -4.68. The molecule has 0 radical (unpaired) electrons. The van der Waals surface area contributed by atoms with E-state index in [2.05, 4.69) is 10.0 Å². The maximum Gasteiger partial charge on any atom is 0.416 e. The number of carbonyl (C=O) groups excluding carboxylic acids is 1. The summed E-state index contributed by atoms with van der Waals surface area (Å²) < 4.78 is 70.4. The van der Waals surface area contributed by atoms with Crippen LogP contribution in [0.4, 0.5) is 18.9 Å². The summed E-state index contributed by atoms with van der Waals surface area (Å²) in [6.45, 7) is 0.480. The van der Waals surface area contributed by atoms with Crippen molar-refractivity contribution < 1.29 is 31.1 Å². The number of alkyl halides is 3. The van der Waals surface area contributed by atoms with Crippen LogP contribution in [0.2, 0.25) is 0 Å². The quantitative estimate of drug-likeness (QED) is 0.698. The lowest BCUT2D eigenvalue weighted by molar-refractivity contribution is -0.137. The first-order chi connectivity index (χ1) is 12.6. The highest BCUT2D eigenvalue weighted by Crippen LogP contribution is 2.31. The van der Waals surface area contributed by atoms with Crippen LogP contribution >= 0.6 is 0 Å². The minimum Gasteiger partial charge on any atom is -0.383 e. The van der Waals surface area contributed by atoms with E-state index >= 15 is 0 Å². The van der Waals surface area contributed by atoms with E-state index < -0.39 is 32.6 Å². The summed E-state index contributed by atoms with van der Waals surface area (Å²) in [5.41, 5.74) is -1.11. The lowest BCUT2D eigenvalue weighted by atomic mass is 10.1. The Morgan fingerprint density at radius 1 is 1.11 bits per heavy atom. The number of ether oxygens (including phenoxy) is 1. The van der Waals surface area contributed by atoms with E-state index in [4.69, 9.17) is 4.74 Å². The molecule has 146 valence electrons. The van der Waals surface area contributed by atoms with E-state index in [1.54, 1.807) is 0 Å². The van der Waals surface area contributed by atoms with Gasteiger partial charge >= 0.3 is 6.18 Å². The zero-order valence-corrected chi connectivity index (χ0v) is 15.0. The number of nitrogens with one attached hydrogen (secondary N) is 2. The van der Waals surface area contributed by atoms with Gasteiger partial charge in [-0.15, -0.1) is 0 Å². The molecule has 27 heavy (non-hydrogen) atoms. The predicted octanol–water partition coefficient (Wildman–Crippen LogP) is 2.88. The number of hydrogen-bond donors (Lipinski definition) is 2. The fourth-order valence-electron chi connectivity index (χ4n) is 2.18. The summed E-state index contributed by atoms with van der Waals surface area (Å²) in [5.74, 6) is -0.547. The van der Waals surface area contributed by atoms with Crippen LogP contribution in [0, 0.1) is 0 Å². The van der Waals surface area contributed by atoms with Gasteiger partial charge in [-0.2, -0.15) is 13.2 Å². The van der Waals surface area contributed by atoms with Crippen molar-refractivity contribution in [2.75, 3.05) is 25.0 Å². The third-order valence-electron chi connectivity index (χ3n) is 3.48. The Balaban J connectivity index is 2.30. The van der Waals surface area contributed by atoms with Gasteiger partial charge < -0.3 is 10.1 Å². The molecule has 0 fully saturated rings. The smallest absolute Gasteiger partial charge is 0.383 e. The Kier molecular flexibility index (Phi) is 6.45. The fourth-order valence-corrected chi connectivity index (χ4v) is 3.30. The first-order valence-corrected chi connectivity index (χ1v) is 9.20. The van der Waals surface area contributed by atoms with Crippen molar-refractivity contribution in [1.29, 1.82) is 0 Å². The van der Waals surface area contributed by atoms with Crippen LogP contribution in [0.3, 0.4) is 0 Å². The number of benzene rings is 2. The van der Waals surface area contributed by atoms with Gasteiger partial charge in [0.25, 0.3) is 15.9 Å². The summed E-state index contributed by atoms with van der Waals surface area (Å²) in [6, 6.07) is 9.12. The second-order valence-electron chi connectivity index (χ2n) is 5.43. The zero-order valence-electron chi connectivity index (χ0n) is 14.2. The molecule has 0 spiro atoms. The largest absolute Gasteiger partial charge is 0.416 e. The van der Waals surface area contributed by atoms with E-state index in [-0.39, 0.29) is 24.4 Å². The van der Waals surface area contributed by atoms with Gasteiger partial charge in [0.15, 0.2) is 0 Å². The summed E-state index contributed by atoms with van der Waals surface area (Å²) in [4.78, 5) is 11.6. The lowest BCUT2D eigenvalue weighted by Gasteiger charge is -2.14. The molecule has 6 nitrogen and oxygen atoms in total. The van der Waals surface area contributed by atoms with Crippen LogP contribution in [-0.4, -0.2) is 34.6 Å². The molecule has 0 unspecified atom stereocenters. The van der Waals surface area contributed by atoms with Crippen LogP contribution in [0.5, 0.6) is 0 Å². The molecule has 2 aromatic carbocycles. The number of methoxy groups -OCH3 is 1. The monoisotopic (exact) mass is 402 g/mol. The number of anilines is 1. The Bertz CT molecular complexity index is 914. The molecule has 0 heterocycles. The number of hydrogen-bond acceptors (Lipinski definition) is 4. The number of rotatable bonds is 7. The molecule has 2 aromatic rings. The standard InChI is InChI=1S/C17H17F3N2O4S/c1-26-10-9-21-16(23)14-7-2-3-8-15(14)22-27(24,25)13-6-4-5-12(11-13)17(18,19)20/h2-8,11,22H,9-10H2,1H3,(H,21,23). The van der Waals surface area contributed by atoms with Crippen molar-refractivity contribution in [1.82, 2.24) is 5.32 Å². The van der Waals surface area contributed by atoms with Gasteiger partial charge in [-0.05, 0) is 30.3 Å². The fraction of sp³-hybridized carbons (Fsp3) is 0.235. The van der Waals surface area contributed by atoms with Gasteiger partial charge in [-0.25, -0.2) is 8.42 Å². The minimum absolute atomic E-state index is 0.0316. The van der Waals surface area contributed by atoms with Crippen molar-refractivity contribution in [2.45, 2.75) is 11.1 Å². The van der Waals surface area contributed by atoms with Crippen molar-refractivity contribution in [3.63, 3.8) is 0 Å². The van der Waals surface area contributed by atoms with E-state index in [9.17, 15) is 26.4 Å². The van der Waals surface area contributed by atoms with Crippen LogP contribution in [-0.2, 0) is 20.9 Å². The Hall–Kier alpha value is -2.59. The minimum atomic E-state index is -4.68. The molecule has 2 N–H and O–H groups in total. The highest BCUT2D eigenvalue weighted by molar-refractivity contribution is 7.92. The zero-order chi connectivity index (χ0) is 20.1. The number of carbonyl (C=O) groups is 1. The normalized spacial score (nSPS) is 11.9. The molecule has 0 aliphatic carbocycles. The van der Waals surface area contributed by atoms with E-state index in [1.165, 1.54) is 31.4 Å². The topological polar surface area (TPSA) is 84.5 Å². The molecule has 0 saturated heterocycles. The van der Waals surface area contributed by atoms with Crippen LogP contribution in [0.1, 0.15) is 15.9 Å². The van der Waals surface area contributed by atoms with Crippen LogP contribution in [0.25, 0.3) is 0 Å². The Morgan fingerprint density at radius 2 is 1.81 bits per heavy atom. The molecular weight excluding hydrogens is 385 g/mol. The molecule has 1 amide bonds. The first-order valence-electron chi connectivity index (χ1n) is 7.71. The molecule has 10 heteroatoms. The third-order valence-corrected chi connectivity index (χ3v) is 4.84. The van der Waals surface area contributed by atoms with Crippen LogP contribution in [0.15, 0.2) is 53.4 Å². The van der Waals surface area contributed by atoms with E-state index in [1.807, 2.05) is 0 Å². The van der Waals surface area contributed by atoms with Gasteiger partial charge in [0, 0.05) is 13.7 Å². The first kappa shape index (κ1) is 20.7. The summed E-state index contributed by atoms with van der Waals surface area (Å²) >= 11 is 0. The molecule has 0 saturated carbocycles. The maximum absolute atomic E-state index is 12.8. The molecule has 0 bridgehead atoms. The number of halogens is 3. The Morgan fingerprint density at radius 3 is 2.48 bits per heavy atom. The summed E-state index contributed by atoms with van der Waals surface area (Å²) in [7, 11) is -2.87. The van der Waals surface area contributed by atoms with Crippen molar-refractivity contribution >= 4 is 21.6 Å². The SMILES string of the molecule is COCCNC(=O)c1ccccc1NS(=O)(=O)c1cccc(C(F)(F)F)c1. The van der Waals surface area contributed by atoms with Gasteiger partial charge in [-0.3, -0.25) is 9.52 Å². The molecule has 0 aliphatic heterocycles. The van der Waals surface area contributed by atoms with Gasteiger partial charge in [0.1, 0.15) is 0 Å². The molecule has 0 atom stereocenters. The molecular formula is C17H17F3N2O4S. The molecule has 0 aliphatic rings. The summed E-state index contributed by atoms with van der Waals surface area (Å²) in [5, 5.41) is 2.55. The second kappa shape index (κ2) is 8.40. The predicted molar refractivity (Wildman–Crippen MR) is 92.9 cm³/mol. The van der Waals surface area contributed by atoms with E-state index in [0.717, 1.165) is 18.2 Å². The number of para-hydroxylation sites is 1. The van der Waals surface area contributed by atoms with Crippen molar-refractivity contribution in [2.24, 2.45) is 0 Å². The van der Waals surface area contributed by atoms with Gasteiger partial charge in [0.05, 0.1) is 28.3 Å². The second-order valence-corrected chi connectivity index (χ2v) is 7.11. The Labute approximate surface area is 154 Å². The lowest BCUT2D eigenvalue weighted by Crippen LogP contribution is -2.28. The van der Waals surface area contributed by atoms with Crippen LogP contribution < -0.4 is 10.0 Å². The van der Waals surface area contributed by atoms with Gasteiger partial charge in [-0.1, -0.05) is 18.2 Å². The average molecular weight is 402 g/mol. The average Bonchev–Trinajstić information content (AvgIpc) is 2.61. The van der Waals surface area contributed by atoms with Gasteiger partial charge in [0.2, 0.25) is 0 Å². The number of amides is 1. The number of sulfonamides is 1. The molecule has 2 rings (SSSR count). The maximum atomic E-state index is 12.8. The van der Waals surface area contributed by atoms with E-state index in [0.29, 0.717) is 6.07 Å².